The predicted octanol–water partition coefficient (Wildman–Crippen LogP) is 8.78. The minimum atomic E-state index is -0.863. The van der Waals surface area contributed by atoms with E-state index in [1.54, 1.807) is 0 Å². The van der Waals surface area contributed by atoms with Gasteiger partial charge in [-0.1, -0.05) is 103 Å². The Hall–Kier alpha value is -4.65. The monoisotopic (exact) mass is 516 g/mol. The number of benzene rings is 7. The first-order valence-corrected chi connectivity index (χ1v) is 14.5. The minimum Gasteiger partial charge on any atom is -0.455 e. The van der Waals surface area contributed by atoms with Crippen molar-refractivity contribution in [2.24, 2.45) is 0 Å². The topological polar surface area (TPSA) is 18.5 Å². The Morgan fingerprint density at radius 2 is 0.923 bits per heavy atom. The van der Waals surface area contributed by atoms with Crippen LogP contribution in [-0.4, -0.2) is 0 Å². The molecule has 3 heteroatoms. The molecule has 0 fully saturated rings. The van der Waals surface area contributed by atoms with Gasteiger partial charge in [0.1, 0.15) is 23.0 Å². The van der Waals surface area contributed by atoms with Crippen molar-refractivity contribution in [3.8, 4) is 34.1 Å². The van der Waals surface area contributed by atoms with Crippen LogP contribution in [0.25, 0.3) is 43.4 Å². The van der Waals surface area contributed by atoms with Gasteiger partial charge in [-0.2, -0.15) is 0 Å². The standard InChI is InChI=1S/C36H21O2P/c1-4-12-26-22(8-1)11-7-15-27(26)25-20-30-36-31(21-25)38-35-29-14-6-3-10-24(29)17-19-33(35)39(36)32-18-16-23-9-2-5-13-28(23)34(32)37-30/h1-21H. The molecule has 0 saturated heterocycles. The summed E-state index contributed by atoms with van der Waals surface area (Å²) in [4.78, 5) is 0. The fraction of sp³-hybridized carbons (Fsp3) is 0. The van der Waals surface area contributed by atoms with Crippen molar-refractivity contribution in [2.45, 2.75) is 0 Å². The molecule has 0 saturated carbocycles. The van der Waals surface area contributed by atoms with Crippen molar-refractivity contribution < 1.29 is 9.47 Å². The van der Waals surface area contributed by atoms with Crippen LogP contribution in [0, 0.1) is 0 Å². The number of ether oxygens (including phenoxy) is 2. The predicted molar refractivity (Wildman–Crippen MR) is 163 cm³/mol. The molecule has 0 aliphatic carbocycles. The third-order valence-corrected chi connectivity index (χ3v) is 10.5. The maximum atomic E-state index is 6.85. The van der Waals surface area contributed by atoms with Gasteiger partial charge >= 0.3 is 0 Å². The lowest BCUT2D eigenvalue weighted by molar-refractivity contribution is 0.472. The van der Waals surface area contributed by atoms with Gasteiger partial charge in [-0.05, 0) is 56.9 Å². The molecule has 2 nitrogen and oxygen atoms in total. The molecular weight excluding hydrogens is 495 g/mol. The quantitative estimate of drug-likeness (QED) is 0.203. The van der Waals surface area contributed by atoms with Crippen molar-refractivity contribution >= 4 is 56.2 Å². The summed E-state index contributed by atoms with van der Waals surface area (Å²) < 4.78 is 13.7. The van der Waals surface area contributed by atoms with Crippen LogP contribution < -0.4 is 25.4 Å². The number of rotatable bonds is 1. The van der Waals surface area contributed by atoms with E-state index in [0.29, 0.717) is 0 Å². The molecule has 2 aliphatic rings. The van der Waals surface area contributed by atoms with Gasteiger partial charge < -0.3 is 9.47 Å². The van der Waals surface area contributed by atoms with Gasteiger partial charge in [0, 0.05) is 29.3 Å². The highest BCUT2D eigenvalue weighted by atomic mass is 31.1. The van der Waals surface area contributed by atoms with Crippen LogP contribution in [0.5, 0.6) is 23.0 Å². The first-order chi connectivity index (χ1) is 19.3. The molecule has 9 rings (SSSR count). The van der Waals surface area contributed by atoms with Crippen LogP contribution in [0.15, 0.2) is 127 Å². The second kappa shape index (κ2) is 7.93. The lowest BCUT2D eigenvalue weighted by atomic mass is 9.98. The summed E-state index contributed by atoms with van der Waals surface area (Å²) >= 11 is 0. The summed E-state index contributed by atoms with van der Waals surface area (Å²) in [7, 11) is -0.863. The lowest BCUT2D eigenvalue weighted by Crippen LogP contribution is -2.32. The number of hydrogen-bond acceptors (Lipinski definition) is 2. The molecule has 7 aromatic carbocycles. The van der Waals surface area contributed by atoms with Gasteiger partial charge in [-0.15, -0.1) is 0 Å². The first kappa shape index (κ1) is 21.3. The molecule has 182 valence electrons. The average Bonchev–Trinajstić information content (AvgIpc) is 3.00. The first-order valence-electron chi connectivity index (χ1n) is 13.2. The zero-order valence-corrected chi connectivity index (χ0v) is 21.8. The van der Waals surface area contributed by atoms with E-state index >= 15 is 0 Å². The zero-order chi connectivity index (χ0) is 25.5. The SMILES string of the molecule is c1ccc2c(-c3cc4c5c(c3)Oc3c(ccc6ccccc36)P5c3ccc5ccccc5c3O4)cccc2c1. The molecular formula is C36H21O2P. The van der Waals surface area contributed by atoms with Crippen LogP contribution in [0.3, 0.4) is 0 Å². The van der Waals surface area contributed by atoms with Gasteiger partial charge in [0.2, 0.25) is 0 Å². The van der Waals surface area contributed by atoms with E-state index in [-0.39, 0.29) is 0 Å². The maximum absolute atomic E-state index is 6.85. The normalized spacial score (nSPS) is 13.4. The van der Waals surface area contributed by atoms with E-state index < -0.39 is 7.92 Å². The average molecular weight is 517 g/mol. The van der Waals surface area contributed by atoms with E-state index in [2.05, 4.69) is 127 Å². The van der Waals surface area contributed by atoms with Crippen LogP contribution in [-0.2, 0) is 0 Å². The Morgan fingerprint density at radius 1 is 0.436 bits per heavy atom. The Bertz CT molecular complexity index is 2030. The molecule has 0 amide bonds. The van der Waals surface area contributed by atoms with Crippen molar-refractivity contribution in [1.82, 2.24) is 0 Å². The van der Waals surface area contributed by atoms with E-state index in [1.807, 2.05) is 0 Å². The summed E-state index contributed by atoms with van der Waals surface area (Å²) in [5.41, 5.74) is 2.28. The highest BCUT2D eigenvalue weighted by Gasteiger charge is 2.38. The highest BCUT2D eigenvalue weighted by Crippen LogP contribution is 2.56. The van der Waals surface area contributed by atoms with Crippen molar-refractivity contribution in [3.63, 3.8) is 0 Å². The van der Waals surface area contributed by atoms with Crippen LogP contribution in [0.4, 0.5) is 0 Å². The van der Waals surface area contributed by atoms with Crippen molar-refractivity contribution in [1.29, 1.82) is 0 Å². The fourth-order valence-electron chi connectivity index (χ4n) is 6.21. The Kier molecular flexibility index (Phi) is 4.33. The summed E-state index contributed by atoms with van der Waals surface area (Å²) in [6, 6.07) is 45.5. The largest absolute Gasteiger partial charge is 0.455 e. The van der Waals surface area contributed by atoms with E-state index in [1.165, 1.54) is 43.0 Å². The fourth-order valence-corrected chi connectivity index (χ4v) is 8.80. The molecule has 0 atom stereocenters. The van der Waals surface area contributed by atoms with Gasteiger partial charge in [0.25, 0.3) is 0 Å². The third kappa shape index (κ3) is 3.01. The summed E-state index contributed by atoms with van der Waals surface area (Å²) in [6.45, 7) is 0. The Labute approximate surface area is 226 Å². The molecule has 0 unspecified atom stereocenters. The Balaban J connectivity index is 1.37. The summed E-state index contributed by atoms with van der Waals surface area (Å²) in [6.07, 6.45) is 0. The van der Waals surface area contributed by atoms with Gasteiger partial charge in [-0.25, -0.2) is 0 Å². The third-order valence-electron chi connectivity index (χ3n) is 7.99. The van der Waals surface area contributed by atoms with E-state index in [4.69, 9.17) is 9.47 Å². The molecule has 0 radical (unpaired) electrons. The van der Waals surface area contributed by atoms with Crippen LogP contribution in [0.1, 0.15) is 0 Å². The molecule has 0 bridgehead atoms. The molecule has 7 aromatic rings. The second-order valence-corrected chi connectivity index (χ2v) is 12.2. The number of hydrogen-bond donors (Lipinski definition) is 0. The highest BCUT2D eigenvalue weighted by molar-refractivity contribution is 7.80. The van der Waals surface area contributed by atoms with Gasteiger partial charge in [0.05, 0.1) is 5.30 Å². The molecule has 0 aromatic heterocycles. The molecule has 2 aliphatic heterocycles. The Morgan fingerprint density at radius 3 is 1.51 bits per heavy atom. The molecule has 0 spiro atoms. The van der Waals surface area contributed by atoms with Crippen molar-refractivity contribution in [3.05, 3.63) is 127 Å². The smallest absolute Gasteiger partial charge is 0.143 e. The second-order valence-electron chi connectivity index (χ2n) is 10.2. The zero-order valence-electron chi connectivity index (χ0n) is 20.9. The summed E-state index contributed by atoms with van der Waals surface area (Å²) in [5, 5.41) is 10.8. The minimum absolute atomic E-state index is 0.863. The van der Waals surface area contributed by atoms with Gasteiger partial charge in [-0.3, -0.25) is 0 Å². The van der Waals surface area contributed by atoms with Crippen LogP contribution >= 0.6 is 7.92 Å². The maximum Gasteiger partial charge on any atom is 0.143 e. The summed E-state index contributed by atoms with van der Waals surface area (Å²) in [5.74, 6) is 3.72. The van der Waals surface area contributed by atoms with Crippen molar-refractivity contribution in [2.75, 3.05) is 0 Å². The molecule has 2 heterocycles. The lowest BCUT2D eigenvalue weighted by Gasteiger charge is -2.36. The van der Waals surface area contributed by atoms with Gasteiger partial charge in [0.15, 0.2) is 0 Å². The van der Waals surface area contributed by atoms with E-state index in [9.17, 15) is 0 Å². The number of fused-ring (bicyclic) bond motifs is 9. The van der Waals surface area contributed by atoms with E-state index in [0.717, 1.165) is 39.3 Å². The van der Waals surface area contributed by atoms with Crippen LogP contribution in [0.2, 0.25) is 0 Å². The molecule has 0 N–H and O–H groups in total. The molecule has 39 heavy (non-hydrogen) atoms.